The first-order valence-corrected chi connectivity index (χ1v) is 35.6. The summed E-state index contributed by atoms with van der Waals surface area (Å²) in [5, 5.41) is 0. The van der Waals surface area contributed by atoms with Crippen LogP contribution in [-0.2, 0) is 5.41 Å². The highest BCUT2D eigenvalue weighted by Gasteiger charge is 2.52. The molecule has 474 valence electrons. The smallest absolute Gasteiger partial charge is 0.194 e. The van der Waals surface area contributed by atoms with Crippen LogP contribution in [0.1, 0.15) is 54.1 Å². The van der Waals surface area contributed by atoms with Crippen LogP contribution in [0.15, 0.2) is 362 Å². The van der Waals surface area contributed by atoms with Gasteiger partial charge >= 0.3 is 0 Å². The van der Waals surface area contributed by atoms with Crippen LogP contribution in [0.4, 0.5) is 0 Å². The molecular formula is C99H59BrO2. The van der Waals surface area contributed by atoms with E-state index in [9.17, 15) is 9.59 Å². The number of hydrogen-bond acceptors (Lipinski definition) is 2. The van der Waals surface area contributed by atoms with Crippen molar-refractivity contribution in [3.63, 3.8) is 0 Å². The molecule has 1 unspecified atom stereocenters. The summed E-state index contributed by atoms with van der Waals surface area (Å²) in [7, 11) is 0. The zero-order valence-corrected chi connectivity index (χ0v) is 56.8. The lowest BCUT2D eigenvalue weighted by Crippen LogP contribution is -2.25. The molecule has 0 fully saturated rings. The summed E-state index contributed by atoms with van der Waals surface area (Å²) in [6.07, 6.45) is 0. The molecule has 0 saturated carbocycles. The molecule has 0 N–H and O–H groups in total. The first-order valence-electron chi connectivity index (χ1n) is 34.8. The van der Waals surface area contributed by atoms with Gasteiger partial charge in [0.1, 0.15) is 0 Å². The highest BCUT2D eigenvalue weighted by molar-refractivity contribution is 9.10. The van der Waals surface area contributed by atoms with E-state index >= 15 is 0 Å². The lowest BCUT2D eigenvalue weighted by atomic mass is 9.70. The Labute approximate surface area is 601 Å². The van der Waals surface area contributed by atoms with Gasteiger partial charge in [0.2, 0.25) is 0 Å². The maximum absolute atomic E-state index is 14.1. The summed E-state index contributed by atoms with van der Waals surface area (Å²) in [4.78, 5) is 27.5. The second kappa shape index (κ2) is 23.5. The predicted octanol–water partition coefficient (Wildman–Crippen LogP) is 25.9. The normalized spacial score (nSPS) is 13.8. The summed E-state index contributed by atoms with van der Waals surface area (Å²) in [6.45, 7) is 0. The molecule has 0 aromatic heterocycles. The summed E-state index contributed by atoms with van der Waals surface area (Å²) < 4.78 is 1.11. The molecule has 1 spiro atoms. The van der Waals surface area contributed by atoms with Gasteiger partial charge in [0.05, 0.1) is 5.41 Å². The molecule has 0 radical (unpaired) electrons. The summed E-state index contributed by atoms with van der Waals surface area (Å²) in [5.41, 5.74) is 38.9. The second-order valence-corrected chi connectivity index (χ2v) is 28.2. The fourth-order valence-corrected chi connectivity index (χ4v) is 17.5. The van der Waals surface area contributed by atoms with Crippen molar-refractivity contribution in [2.24, 2.45) is 0 Å². The minimum absolute atomic E-state index is 0.0623. The maximum Gasteiger partial charge on any atom is 0.194 e. The Morgan fingerprint density at radius 2 is 0.431 bits per heavy atom. The van der Waals surface area contributed by atoms with Crippen LogP contribution in [0, 0.1) is 0 Å². The van der Waals surface area contributed by atoms with Crippen LogP contribution in [0.2, 0.25) is 0 Å². The van der Waals surface area contributed by atoms with Gasteiger partial charge in [0.25, 0.3) is 0 Å². The van der Waals surface area contributed by atoms with Gasteiger partial charge < -0.3 is 0 Å². The topological polar surface area (TPSA) is 34.1 Å². The quantitative estimate of drug-likeness (QED) is 0.137. The molecule has 3 heteroatoms. The third kappa shape index (κ3) is 9.46. The Morgan fingerprint density at radius 3 is 0.912 bits per heavy atom. The molecule has 102 heavy (non-hydrogen) atoms. The third-order valence-electron chi connectivity index (χ3n) is 21.8. The maximum atomic E-state index is 14.1. The van der Waals surface area contributed by atoms with Gasteiger partial charge in [-0.3, -0.25) is 9.59 Å². The lowest BCUT2D eigenvalue weighted by Gasteiger charge is -2.30. The predicted molar refractivity (Wildman–Crippen MR) is 423 cm³/mol. The molecule has 2 nitrogen and oxygen atoms in total. The van der Waals surface area contributed by atoms with Crippen LogP contribution in [0.25, 0.3) is 156 Å². The van der Waals surface area contributed by atoms with Crippen molar-refractivity contribution in [3.8, 4) is 156 Å². The molecule has 16 aromatic carbocycles. The minimum Gasteiger partial charge on any atom is -0.289 e. The van der Waals surface area contributed by atoms with Crippen LogP contribution in [-0.4, -0.2) is 11.6 Å². The Bertz CT molecular complexity index is 6230. The van der Waals surface area contributed by atoms with Crippen molar-refractivity contribution in [3.05, 3.63) is 407 Å². The molecule has 1 atom stereocenters. The third-order valence-corrected chi connectivity index (χ3v) is 22.5. The largest absolute Gasteiger partial charge is 0.289 e. The Kier molecular flexibility index (Phi) is 13.7. The number of benzene rings is 16. The monoisotopic (exact) mass is 1360 g/mol. The van der Waals surface area contributed by atoms with Gasteiger partial charge in [-0.1, -0.05) is 295 Å². The lowest BCUT2D eigenvalue weighted by molar-refractivity contribution is 0.103. The molecule has 0 saturated heterocycles. The minimum atomic E-state index is -0.484. The fourth-order valence-electron chi connectivity index (χ4n) is 17.0. The highest BCUT2D eigenvalue weighted by Crippen LogP contribution is 2.64. The van der Waals surface area contributed by atoms with Gasteiger partial charge in [0.15, 0.2) is 11.6 Å². The molecule has 0 bridgehead atoms. The Balaban J connectivity index is 0.644. The Hall–Kier alpha value is -12.7. The number of halogens is 1. The SMILES string of the molecule is O=C1c2ccccc2-c2ccc(-c3ccc(-c4cccc(-c5ccc(-c6cc(-c7cccc(-c8cccc(-c9cc(-c%10ccccc%10)cc(-c%10ccc%11c(c%10)C%10(c%12ccccc%12-%11)c%11ccccc%11-c%11c(Br)cccc%11%10)c9)c8)c7)cc(-c7ccc8c(c7)C(=O)c7ccccc7-8)c6)cc5)c4)cc3)cc21. The van der Waals surface area contributed by atoms with Crippen molar-refractivity contribution < 1.29 is 9.59 Å². The molecule has 20 rings (SSSR count). The van der Waals surface area contributed by atoms with Crippen LogP contribution in [0.5, 0.6) is 0 Å². The molecule has 16 aromatic rings. The van der Waals surface area contributed by atoms with E-state index in [1.54, 1.807) is 0 Å². The van der Waals surface area contributed by atoms with Crippen molar-refractivity contribution >= 4 is 27.5 Å². The highest BCUT2D eigenvalue weighted by atomic mass is 79.9. The summed E-state index contributed by atoms with van der Waals surface area (Å²) in [6, 6.07) is 129. The van der Waals surface area contributed by atoms with Crippen molar-refractivity contribution in [1.82, 2.24) is 0 Å². The van der Waals surface area contributed by atoms with E-state index in [0.717, 1.165) is 155 Å². The van der Waals surface area contributed by atoms with Crippen LogP contribution in [0.3, 0.4) is 0 Å². The zero-order valence-electron chi connectivity index (χ0n) is 55.3. The van der Waals surface area contributed by atoms with Crippen LogP contribution < -0.4 is 0 Å². The van der Waals surface area contributed by atoms with E-state index in [4.69, 9.17) is 0 Å². The number of fused-ring (bicyclic) bond motifs is 16. The number of ketones is 2. The fraction of sp³-hybridized carbons (Fsp3) is 0.0101. The second-order valence-electron chi connectivity index (χ2n) is 27.4. The van der Waals surface area contributed by atoms with E-state index in [0.29, 0.717) is 0 Å². The molecule has 0 aliphatic heterocycles. The van der Waals surface area contributed by atoms with Gasteiger partial charge in [-0.15, -0.1) is 0 Å². The van der Waals surface area contributed by atoms with Gasteiger partial charge in [0, 0.05) is 32.3 Å². The Morgan fingerprint density at radius 1 is 0.167 bits per heavy atom. The first-order chi connectivity index (χ1) is 50.2. The van der Waals surface area contributed by atoms with E-state index in [1.165, 1.54) is 50.1 Å². The molecule has 0 amide bonds. The first kappa shape index (κ1) is 59.4. The number of carbonyl (C=O) groups is 2. The zero-order chi connectivity index (χ0) is 67.7. The van der Waals surface area contributed by atoms with Crippen molar-refractivity contribution in [2.45, 2.75) is 5.41 Å². The average Bonchev–Trinajstić information content (AvgIpc) is 1.51. The van der Waals surface area contributed by atoms with Crippen LogP contribution >= 0.6 is 15.9 Å². The average molecular weight is 1360 g/mol. The number of rotatable bonds is 10. The van der Waals surface area contributed by atoms with Gasteiger partial charge in [-0.05, 0) is 251 Å². The molecular weight excluding hydrogens is 1300 g/mol. The number of carbonyl (C=O) groups excluding carboxylic acids is 2. The molecule has 0 heterocycles. The molecule has 4 aliphatic rings. The van der Waals surface area contributed by atoms with Gasteiger partial charge in [-0.25, -0.2) is 0 Å². The van der Waals surface area contributed by atoms with Crippen molar-refractivity contribution in [2.75, 3.05) is 0 Å². The summed E-state index contributed by atoms with van der Waals surface area (Å²) >= 11 is 4.02. The van der Waals surface area contributed by atoms with E-state index in [-0.39, 0.29) is 11.6 Å². The van der Waals surface area contributed by atoms with Crippen molar-refractivity contribution in [1.29, 1.82) is 0 Å². The van der Waals surface area contributed by atoms with E-state index < -0.39 is 5.41 Å². The standard InChI is InChI=1S/C99H59BrO2/c100-95-33-15-32-93-96(95)88-29-9-11-31-92(88)99(93)91-30-10-8-26-84(91)85-47-44-73(59-94(85)99)79-52-74(60-16-2-1-3-17-60)51-76(56-79)69-22-13-20-67(49-69)68-21-14-23-70(50-68)77-53-75(54-78(55-77)72-43-46-83-81-25-5-7-28-87(81)98(102)90(83)58-72)64-40-38-62(39-41-64)66-19-12-18-65(48-66)61-34-36-63(37-35-61)71-42-45-82-80-24-4-6-27-86(80)97(101)89(82)57-71/h1-59H. The number of hydrogen-bond donors (Lipinski definition) is 0. The van der Waals surface area contributed by atoms with E-state index in [1.807, 2.05) is 54.6 Å². The summed E-state index contributed by atoms with van der Waals surface area (Å²) in [5.74, 6) is 0.150. The van der Waals surface area contributed by atoms with Gasteiger partial charge in [-0.2, -0.15) is 0 Å². The van der Waals surface area contributed by atoms with E-state index in [2.05, 4.69) is 319 Å². The molecule has 4 aliphatic carbocycles.